The van der Waals surface area contributed by atoms with Gasteiger partial charge in [0.25, 0.3) is 0 Å². The van der Waals surface area contributed by atoms with E-state index in [0.29, 0.717) is 12.5 Å². The van der Waals surface area contributed by atoms with Crippen LogP contribution in [0.15, 0.2) is 18.2 Å². The molecule has 3 nitrogen and oxygen atoms in total. The van der Waals surface area contributed by atoms with Gasteiger partial charge in [-0.25, -0.2) is 0 Å². The number of hydrogen-bond acceptors (Lipinski definition) is 3. The molecule has 1 aromatic carbocycles. The Balaban J connectivity index is 3.01. The number of nitrogens with two attached hydrogens (primary N) is 1. The summed E-state index contributed by atoms with van der Waals surface area (Å²) in [7, 11) is 3.83. The summed E-state index contributed by atoms with van der Waals surface area (Å²) in [6.45, 7) is 10.2. The monoisotopic (exact) mass is 264 g/mol. The molecule has 0 amide bonds. The highest BCUT2D eigenvalue weighted by molar-refractivity contribution is 5.38. The Labute approximate surface area is 117 Å². The molecule has 3 heteroatoms. The first-order valence-electron chi connectivity index (χ1n) is 6.90. The molecule has 0 saturated heterocycles. The van der Waals surface area contributed by atoms with Crippen molar-refractivity contribution in [2.45, 2.75) is 45.7 Å². The fourth-order valence-corrected chi connectivity index (χ4v) is 1.91. The summed E-state index contributed by atoms with van der Waals surface area (Å²) < 4.78 is 5.47. The topological polar surface area (TPSA) is 38.5 Å². The van der Waals surface area contributed by atoms with E-state index in [2.05, 4.69) is 57.8 Å². The minimum Gasteiger partial charge on any atom is -0.496 e. The Hall–Kier alpha value is -1.06. The van der Waals surface area contributed by atoms with Gasteiger partial charge in [0.2, 0.25) is 0 Å². The zero-order chi connectivity index (χ0) is 14.6. The standard InChI is InChI=1S/C16H28N2O/c1-12(2)13-7-8-15(19-6)14(9-13)10-18(5)16(3,4)11-17/h7-9,12H,10-11,17H2,1-6H3. The molecule has 0 aliphatic carbocycles. The smallest absolute Gasteiger partial charge is 0.123 e. The maximum Gasteiger partial charge on any atom is 0.123 e. The van der Waals surface area contributed by atoms with Gasteiger partial charge >= 0.3 is 0 Å². The van der Waals surface area contributed by atoms with Crippen molar-refractivity contribution in [2.24, 2.45) is 5.73 Å². The fraction of sp³-hybridized carbons (Fsp3) is 0.625. The molecule has 108 valence electrons. The number of benzene rings is 1. The van der Waals surface area contributed by atoms with Gasteiger partial charge in [0.05, 0.1) is 7.11 Å². The number of likely N-dealkylation sites (N-methyl/N-ethyl adjacent to an activating group) is 1. The number of nitrogens with zero attached hydrogens (tertiary/aromatic N) is 1. The summed E-state index contributed by atoms with van der Waals surface area (Å²) in [6, 6.07) is 6.45. The van der Waals surface area contributed by atoms with Crippen molar-refractivity contribution < 1.29 is 4.74 Å². The summed E-state index contributed by atoms with van der Waals surface area (Å²) in [4.78, 5) is 2.27. The van der Waals surface area contributed by atoms with Crippen LogP contribution in [0.3, 0.4) is 0 Å². The molecule has 0 aliphatic heterocycles. The summed E-state index contributed by atoms with van der Waals surface area (Å²) in [6.07, 6.45) is 0. The summed E-state index contributed by atoms with van der Waals surface area (Å²) in [5.41, 5.74) is 8.38. The Morgan fingerprint density at radius 2 is 1.95 bits per heavy atom. The van der Waals surface area contributed by atoms with E-state index in [1.807, 2.05) is 0 Å². The lowest BCUT2D eigenvalue weighted by molar-refractivity contribution is 0.154. The van der Waals surface area contributed by atoms with E-state index in [1.54, 1.807) is 7.11 Å². The van der Waals surface area contributed by atoms with Crippen LogP contribution in [0.5, 0.6) is 5.75 Å². The predicted octanol–water partition coefficient (Wildman–Crippen LogP) is 2.99. The maximum atomic E-state index is 5.84. The molecule has 0 radical (unpaired) electrons. The SMILES string of the molecule is COc1ccc(C(C)C)cc1CN(C)C(C)(C)CN. The lowest BCUT2D eigenvalue weighted by Crippen LogP contribution is -2.46. The molecule has 1 aromatic rings. The van der Waals surface area contributed by atoms with Gasteiger partial charge in [0.15, 0.2) is 0 Å². The van der Waals surface area contributed by atoms with Crippen molar-refractivity contribution in [1.29, 1.82) is 0 Å². The molecule has 0 heterocycles. The zero-order valence-electron chi connectivity index (χ0n) is 13.2. The molecule has 0 aliphatic rings. The van der Waals surface area contributed by atoms with E-state index >= 15 is 0 Å². The van der Waals surface area contributed by atoms with Crippen molar-refractivity contribution >= 4 is 0 Å². The highest BCUT2D eigenvalue weighted by atomic mass is 16.5. The first-order valence-corrected chi connectivity index (χ1v) is 6.90. The van der Waals surface area contributed by atoms with Crippen LogP contribution in [0.2, 0.25) is 0 Å². The second-order valence-corrected chi connectivity index (χ2v) is 6.10. The van der Waals surface area contributed by atoms with Crippen LogP contribution >= 0.6 is 0 Å². The van der Waals surface area contributed by atoms with E-state index in [9.17, 15) is 0 Å². The third-order valence-electron chi connectivity index (χ3n) is 3.91. The average molecular weight is 264 g/mol. The molecule has 0 bridgehead atoms. The van der Waals surface area contributed by atoms with E-state index in [-0.39, 0.29) is 5.54 Å². The average Bonchev–Trinajstić information content (AvgIpc) is 2.38. The van der Waals surface area contributed by atoms with E-state index < -0.39 is 0 Å². The van der Waals surface area contributed by atoms with Gasteiger partial charge in [0, 0.05) is 24.2 Å². The highest BCUT2D eigenvalue weighted by Crippen LogP contribution is 2.26. The van der Waals surface area contributed by atoms with E-state index in [0.717, 1.165) is 12.3 Å². The van der Waals surface area contributed by atoms with E-state index in [4.69, 9.17) is 10.5 Å². The lowest BCUT2D eigenvalue weighted by atomic mass is 9.98. The van der Waals surface area contributed by atoms with Crippen molar-refractivity contribution in [3.8, 4) is 5.75 Å². The Morgan fingerprint density at radius 1 is 1.32 bits per heavy atom. The minimum absolute atomic E-state index is 0.0150. The first-order chi connectivity index (χ1) is 8.81. The van der Waals surface area contributed by atoms with Crippen LogP contribution in [0.4, 0.5) is 0 Å². The molecule has 0 saturated carbocycles. The Bertz CT molecular complexity index is 413. The fourth-order valence-electron chi connectivity index (χ4n) is 1.91. The third-order valence-corrected chi connectivity index (χ3v) is 3.91. The highest BCUT2D eigenvalue weighted by Gasteiger charge is 2.22. The minimum atomic E-state index is -0.0150. The van der Waals surface area contributed by atoms with Crippen molar-refractivity contribution in [3.05, 3.63) is 29.3 Å². The number of ether oxygens (including phenoxy) is 1. The van der Waals surface area contributed by atoms with Crippen LogP contribution in [0.25, 0.3) is 0 Å². The molecule has 0 atom stereocenters. The molecule has 0 spiro atoms. The van der Waals surface area contributed by atoms with Crippen molar-refractivity contribution in [3.63, 3.8) is 0 Å². The maximum absolute atomic E-state index is 5.84. The molecular formula is C16H28N2O. The van der Waals surface area contributed by atoms with Crippen molar-refractivity contribution in [1.82, 2.24) is 4.90 Å². The second kappa shape index (κ2) is 6.40. The molecular weight excluding hydrogens is 236 g/mol. The van der Waals surface area contributed by atoms with Crippen LogP contribution in [-0.2, 0) is 6.54 Å². The molecule has 0 aromatic heterocycles. The normalized spacial score (nSPS) is 12.3. The van der Waals surface area contributed by atoms with Gasteiger partial charge in [-0.2, -0.15) is 0 Å². The molecule has 1 rings (SSSR count). The van der Waals surface area contributed by atoms with Gasteiger partial charge in [0.1, 0.15) is 5.75 Å². The summed E-state index contributed by atoms with van der Waals surface area (Å²) >= 11 is 0. The predicted molar refractivity (Wildman–Crippen MR) is 81.7 cm³/mol. The van der Waals surface area contributed by atoms with Gasteiger partial charge in [-0.05, 0) is 38.4 Å². The second-order valence-electron chi connectivity index (χ2n) is 6.10. The summed E-state index contributed by atoms with van der Waals surface area (Å²) in [5.74, 6) is 1.47. The summed E-state index contributed by atoms with van der Waals surface area (Å²) in [5, 5.41) is 0. The molecule has 2 N–H and O–H groups in total. The van der Waals surface area contributed by atoms with Gasteiger partial charge in [-0.15, -0.1) is 0 Å². The number of methoxy groups -OCH3 is 1. The number of rotatable bonds is 6. The van der Waals surface area contributed by atoms with E-state index in [1.165, 1.54) is 11.1 Å². The zero-order valence-corrected chi connectivity index (χ0v) is 13.2. The van der Waals surface area contributed by atoms with Gasteiger partial charge < -0.3 is 10.5 Å². The Morgan fingerprint density at radius 3 is 2.42 bits per heavy atom. The van der Waals surface area contributed by atoms with Gasteiger partial charge in [-0.3, -0.25) is 4.90 Å². The molecule has 0 fully saturated rings. The quantitative estimate of drug-likeness (QED) is 0.858. The number of hydrogen-bond donors (Lipinski definition) is 1. The van der Waals surface area contributed by atoms with Crippen LogP contribution in [-0.4, -0.2) is 31.1 Å². The van der Waals surface area contributed by atoms with Crippen LogP contribution in [0, 0.1) is 0 Å². The van der Waals surface area contributed by atoms with Crippen LogP contribution < -0.4 is 10.5 Å². The largest absolute Gasteiger partial charge is 0.496 e. The first kappa shape index (κ1) is 16.0. The van der Waals surface area contributed by atoms with Crippen LogP contribution in [0.1, 0.15) is 44.7 Å². The third kappa shape index (κ3) is 3.95. The van der Waals surface area contributed by atoms with Crippen molar-refractivity contribution in [2.75, 3.05) is 20.7 Å². The Kier molecular flexibility index (Phi) is 5.39. The van der Waals surface area contributed by atoms with Gasteiger partial charge in [-0.1, -0.05) is 26.0 Å². The molecule has 19 heavy (non-hydrogen) atoms. The molecule has 0 unspecified atom stereocenters. The lowest BCUT2D eigenvalue weighted by Gasteiger charge is -2.35.